The summed E-state index contributed by atoms with van der Waals surface area (Å²) in [5.74, 6) is -0.131. The van der Waals surface area contributed by atoms with Crippen molar-refractivity contribution in [2.45, 2.75) is 38.8 Å². The van der Waals surface area contributed by atoms with Gasteiger partial charge >= 0.3 is 6.18 Å². The Balaban J connectivity index is 1.38. The maximum atomic E-state index is 13.3. The summed E-state index contributed by atoms with van der Waals surface area (Å²) >= 11 is 0. The molecule has 1 aliphatic rings. The highest BCUT2D eigenvalue weighted by molar-refractivity contribution is 6.08. The molecule has 0 saturated heterocycles. The lowest BCUT2D eigenvalue weighted by Crippen LogP contribution is -2.30. The Morgan fingerprint density at radius 3 is 2.48 bits per heavy atom. The lowest BCUT2D eigenvalue weighted by atomic mass is 10.0. The highest BCUT2D eigenvalue weighted by Gasteiger charge is 2.30. The zero-order valence-electron chi connectivity index (χ0n) is 21.9. The van der Waals surface area contributed by atoms with Crippen LogP contribution in [0.1, 0.15) is 52.8 Å². The zero-order chi connectivity index (χ0) is 28.4. The second kappa shape index (κ2) is 10.9. The highest BCUT2D eigenvalue weighted by atomic mass is 19.4. The van der Waals surface area contributed by atoms with Crippen molar-refractivity contribution in [3.8, 4) is 11.3 Å². The molecule has 204 valence electrons. The molecular formula is C30H26F3N5O2. The smallest absolute Gasteiger partial charge is 0.322 e. The summed E-state index contributed by atoms with van der Waals surface area (Å²) in [6.45, 7) is 4.31. The summed E-state index contributed by atoms with van der Waals surface area (Å²) in [6.07, 6.45) is -0.594. The van der Waals surface area contributed by atoms with Crippen molar-refractivity contribution in [1.82, 2.24) is 15.0 Å². The minimum Gasteiger partial charge on any atom is -0.322 e. The van der Waals surface area contributed by atoms with E-state index in [1.165, 1.54) is 18.3 Å². The van der Waals surface area contributed by atoms with E-state index in [-0.39, 0.29) is 29.5 Å². The van der Waals surface area contributed by atoms with Crippen LogP contribution in [0, 0.1) is 0 Å². The number of anilines is 2. The van der Waals surface area contributed by atoms with E-state index in [9.17, 15) is 22.8 Å². The number of amides is 2. The van der Waals surface area contributed by atoms with Crippen molar-refractivity contribution in [2.24, 2.45) is 0 Å². The fraction of sp³-hybridized carbons (Fsp3) is 0.233. The average molecular weight is 546 g/mol. The number of aromatic nitrogens is 3. The number of alkyl halides is 3. The monoisotopic (exact) mass is 545 g/mol. The van der Waals surface area contributed by atoms with Crippen molar-refractivity contribution in [2.75, 3.05) is 16.8 Å². The molecule has 5 rings (SSSR count). The first-order valence-electron chi connectivity index (χ1n) is 12.8. The first-order valence-corrected chi connectivity index (χ1v) is 12.8. The summed E-state index contributed by atoms with van der Waals surface area (Å²) in [5.41, 5.74) is 2.89. The van der Waals surface area contributed by atoms with E-state index in [2.05, 4.69) is 20.3 Å². The normalized spacial score (nSPS) is 12.9. The summed E-state index contributed by atoms with van der Waals surface area (Å²) in [7, 11) is 0. The van der Waals surface area contributed by atoms with Crippen molar-refractivity contribution < 1.29 is 22.8 Å². The van der Waals surface area contributed by atoms with Gasteiger partial charge < -0.3 is 10.2 Å². The SMILES string of the molecule is CC(C)c1ncc(C(=O)Nc2ccc3c(c2)CCN3C(=O)Cc2ccccn2)c(-c2ccc(C(F)(F)F)cc2)n1. The van der Waals surface area contributed by atoms with Crippen LogP contribution in [-0.4, -0.2) is 33.3 Å². The van der Waals surface area contributed by atoms with E-state index in [1.54, 1.807) is 29.3 Å². The number of hydrogen-bond donors (Lipinski definition) is 1. The number of nitrogens with zero attached hydrogens (tertiary/aromatic N) is 4. The van der Waals surface area contributed by atoms with Gasteiger partial charge in [-0.1, -0.05) is 32.0 Å². The molecule has 0 unspecified atom stereocenters. The van der Waals surface area contributed by atoms with Crippen molar-refractivity contribution in [3.05, 3.63) is 101 Å². The van der Waals surface area contributed by atoms with Crippen LogP contribution >= 0.6 is 0 Å². The topological polar surface area (TPSA) is 88.1 Å². The van der Waals surface area contributed by atoms with Gasteiger partial charge in [0.2, 0.25) is 5.91 Å². The first-order chi connectivity index (χ1) is 19.1. The fourth-order valence-corrected chi connectivity index (χ4v) is 4.57. The molecule has 0 bridgehead atoms. The van der Waals surface area contributed by atoms with Crippen LogP contribution in [0.3, 0.4) is 0 Å². The van der Waals surface area contributed by atoms with Gasteiger partial charge in [0.15, 0.2) is 0 Å². The van der Waals surface area contributed by atoms with Gasteiger partial charge in [0, 0.05) is 47.5 Å². The van der Waals surface area contributed by atoms with Crippen LogP contribution in [0.2, 0.25) is 0 Å². The molecule has 2 aromatic carbocycles. The van der Waals surface area contributed by atoms with Gasteiger partial charge in [-0.05, 0) is 54.4 Å². The summed E-state index contributed by atoms with van der Waals surface area (Å²) in [4.78, 5) is 41.0. The molecule has 10 heteroatoms. The van der Waals surface area contributed by atoms with Gasteiger partial charge in [-0.3, -0.25) is 14.6 Å². The van der Waals surface area contributed by atoms with Crippen LogP contribution in [0.15, 0.2) is 73.1 Å². The molecule has 0 atom stereocenters. The van der Waals surface area contributed by atoms with Gasteiger partial charge in [0.25, 0.3) is 5.91 Å². The van der Waals surface area contributed by atoms with Crippen LogP contribution in [0.4, 0.5) is 24.5 Å². The number of fused-ring (bicyclic) bond motifs is 1. The highest BCUT2D eigenvalue weighted by Crippen LogP contribution is 2.33. The maximum Gasteiger partial charge on any atom is 0.416 e. The number of benzene rings is 2. The molecule has 2 aromatic heterocycles. The Morgan fingerprint density at radius 1 is 1.02 bits per heavy atom. The standard InChI is InChI=1S/C30H26F3N5O2/c1-18(2)28-35-17-24(27(37-28)19-6-8-21(9-7-19)30(31,32)33)29(40)36-23-10-11-25-20(15-23)12-14-38(25)26(39)16-22-5-3-4-13-34-22/h3-11,13,15,17-18H,12,14,16H2,1-2H3,(H,36,40). The predicted molar refractivity (Wildman–Crippen MR) is 145 cm³/mol. The van der Waals surface area contributed by atoms with Gasteiger partial charge in [0.1, 0.15) is 5.82 Å². The van der Waals surface area contributed by atoms with Crippen molar-refractivity contribution in [1.29, 1.82) is 0 Å². The lowest BCUT2D eigenvalue weighted by molar-refractivity contribution is -0.137. The van der Waals surface area contributed by atoms with E-state index in [0.717, 1.165) is 23.4 Å². The van der Waals surface area contributed by atoms with E-state index in [4.69, 9.17) is 0 Å². The molecule has 0 radical (unpaired) electrons. The summed E-state index contributed by atoms with van der Waals surface area (Å²) in [5, 5.41) is 2.85. The van der Waals surface area contributed by atoms with E-state index in [0.29, 0.717) is 35.7 Å². The molecule has 0 spiro atoms. The fourth-order valence-electron chi connectivity index (χ4n) is 4.57. The van der Waals surface area contributed by atoms with Crippen LogP contribution < -0.4 is 10.2 Å². The third kappa shape index (κ3) is 5.70. The molecule has 40 heavy (non-hydrogen) atoms. The quantitative estimate of drug-likeness (QED) is 0.318. The van der Waals surface area contributed by atoms with Crippen LogP contribution in [0.5, 0.6) is 0 Å². The zero-order valence-corrected chi connectivity index (χ0v) is 21.9. The molecule has 7 nitrogen and oxygen atoms in total. The Hall–Kier alpha value is -4.60. The number of rotatable bonds is 6. The summed E-state index contributed by atoms with van der Waals surface area (Å²) < 4.78 is 39.3. The molecule has 1 N–H and O–H groups in total. The number of nitrogens with one attached hydrogen (secondary N) is 1. The lowest BCUT2D eigenvalue weighted by Gasteiger charge is -2.18. The van der Waals surface area contributed by atoms with E-state index < -0.39 is 17.6 Å². The number of halogens is 3. The third-order valence-electron chi connectivity index (χ3n) is 6.65. The predicted octanol–water partition coefficient (Wildman–Crippen LogP) is 6.06. The average Bonchev–Trinajstić information content (AvgIpc) is 3.36. The Bertz CT molecular complexity index is 1550. The van der Waals surface area contributed by atoms with Gasteiger partial charge in [-0.15, -0.1) is 0 Å². The Morgan fingerprint density at radius 2 is 1.80 bits per heavy atom. The second-order valence-electron chi connectivity index (χ2n) is 9.81. The number of pyridine rings is 1. The van der Waals surface area contributed by atoms with Crippen LogP contribution in [-0.2, 0) is 23.8 Å². The largest absolute Gasteiger partial charge is 0.416 e. The van der Waals surface area contributed by atoms with Gasteiger partial charge in [-0.25, -0.2) is 9.97 Å². The molecular weight excluding hydrogens is 519 g/mol. The molecule has 1 aliphatic heterocycles. The van der Waals surface area contributed by atoms with Crippen LogP contribution in [0.25, 0.3) is 11.3 Å². The second-order valence-corrected chi connectivity index (χ2v) is 9.81. The first kappa shape index (κ1) is 27.0. The Kier molecular flexibility index (Phi) is 7.34. The summed E-state index contributed by atoms with van der Waals surface area (Å²) in [6, 6.07) is 15.3. The molecule has 0 saturated carbocycles. The maximum absolute atomic E-state index is 13.3. The number of hydrogen-bond acceptors (Lipinski definition) is 5. The van der Waals surface area contributed by atoms with Crippen molar-refractivity contribution >= 4 is 23.2 Å². The van der Waals surface area contributed by atoms with E-state index in [1.807, 2.05) is 32.0 Å². The molecule has 3 heterocycles. The minimum absolute atomic E-state index is 0.0506. The number of carbonyl (C=O) groups is 2. The number of carbonyl (C=O) groups excluding carboxylic acids is 2. The van der Waals surface area contributed by atoms with Crippen molar-refractivity contribution in [3.63, 3.8) is 0 Å². The molecule has 4 aromatic rings. The minimum atomic E-state index is -4.47. The van der Waals surface area contributed by atoms with Gasteiger partial charge in [0.05, 0.1) is 23.2 Å². The molecule has 0 aliphatic carbocycles. The molecule has 2 amide bonds. The third-order valence-corrected chi connectivity index (χ3v) is 6.65. The van der Waals surface area contributed by atoms with Gasteiger partial charge in [-0.2, -0.15) is 13.2 Å². The van der Waals surface area contributed by atoms with E-state index >= 15 is 0 Å². The Labute approximate surface area is 229 Å². The molecule has 0 fully saturated rings.